The molecule has 0 amide bonds. The molecule has 30 heavy (non-hydrogen) atoms. The summed E-state index contributed by atoms with van der Waals surface area (Å²) in [4.78, 5) is 0. The molecule has 0 fully saturated rings. The summed E-state index contributed by atoms with van der Waals surface area (Å²) in [5, 5.41) is 7.39. The van der Waals surface area contributed by atoms with Gasteiger partial charge in [-0.15, -0.1) is 23.5 Å². The van der Waals surface area contributed by atoms with Gasteiger partial charge < -0.3 is 0 Å². The molecule has 0 saturated carbocycles. The molecule has 0 aliphatic rings. The van der Waals surface area contributed by atoms with E-state index in [0.29, 0.717) is 11.1 Å². The second-order valence-corrected chi connectivity index (χ2v) is 10.4. The Bertz CT molecular complexity index is 997. The Balaban J connectivity index is 2.10. The first-order chi connectivity index (χ1) is 14.2. The fraction of sp³-hybridized carbons (Fsp3) is 0.222. The minimum absolute atomic E-state index is 0.0639. The van der Waals surface area contributed by atoms with E-state index in [-0.39, 0.29) is 21.6 Å². The fourth-order valence-corrected chi connectivity index (χ4v) is 5.04. The van der Waals surface area contributed by atoms with Crippen molar-refractivity contribution in [1.82, 2.24) is 0 Å². The maximum atomic E-state index is 12.1. The van der Waals surface area contributed by atoms with Crippen LogP contribution < -0.4 is 0 Å². The molecule has 0 aliphatic carbocycles. The highest BCUT2D eigenvalue weighted by Crippen LogP contribution is 2.15. The van der Waals surface area contributed by atoms with Crippen molar-refractivity contribution < 1.29 is 25.4 Å². The molecule has 0 atom stereocenters. The standard InChI is InChI=1S/C18H20N2O6S4/c1-27-17(19-25-29(21,22)13-15-9-5-3-6-10-15)18(28-2)20-26-30(23,24)14-16-11-7-4-8-12-16/h3-12H,13-14H2,1-2H3. The highest BCUT2D eigenvalue weighted by Gasteiger charge is 2.18. The van der Waals surface area contributed by atoms with Gasteiger partial charge in [-0.2, -0.15) is 16.8 Å². The summed E-state index contributed by atoms with van der Waals surface area (Å²) in [6, 6.07) is 17.0. The van der Waals surface area contributed by atoms with Gasteiger partial charge in [-0.25, -0.2) is 0 Å². The van der Waals surface area contributed by atoms with Crippen LogP contribution in [0.5, 0.6) is 0 Å². The molecule has 162 valence electrons. The fourth-order valence-electron chi connectivity index (χ4n) is 2.12. The summed E-state index contributed by atoms with van der Waals surface area (Å²) in [5.41, 5.74) is 1.10. The van der Waals surface area contributed by atoms with Crippen molar-refractivity contribution in [3.8, 4) is 0 Å². The molecule has 2 aromatic rings. The van der Waals surface area contributed by atoms with E-state index in [1.54, 1.807) is 73.2 Å². The summed E-state index contributed by atoms with van der Waals surface area (Å²) < 4.78 is 58.0. The van der Waals surface area contributed by atoms with Gasteiger partial charge in [-0.05, 0) is 23.6 Å². The van der Waals surface area contributed by atoms with Crippen molar-refractivity contribution in [2.24, 2.45) is 10.3 Å². The second kappa shape index (κ2) is 11.4. The van der Waals surface area contributed by atoms with Gasteiger partial charge in [0.15, 0.2) is 10.1 Å². The number of rotatable bonds is 8. The number of thioether (sulfide) groups is 2. The van der Waals surface area contributed by atoms with Crippen molar-refractivity contribution in [2.75, 3.05) is 12.5 Å². The molecular weight excluding hydrogens is 468 g/mol. The Morgan fingerprint density at radius 1 is 0.700 bits per heavy atom. The van der Waals surface area contributed by atoms with Gasteiger partial charge in [0.25, 0.3) is 0 Å². The van der Waals surface area contributed by atoms with E-state index in [0.717, 1.165) is 23.5 Å². The van der Waals surface area contributed by atoms with E-state index in [9.17, 15) is 16.8 Å². The van der Waals surface area contributed by atoms with Crippen LogP contribution in [-0.4, -0.2) is 39.4 Å². The molecule has 0 N–H and O–H groups in total. The van der Waals surface area contributed by atoms with Crippen LogP contribution in [0.4, 0.5) is 0 Å². The molecule has 8 nitrogen and oxygen atoms in total. The SMILES string of the molecule is CSC(=NOS(=O)(=O)Cc1ccccc1)C(=NOS(=O)(=O)Cc1ccccc1)SC. The third kappa shape index (κ3) is 8.38. The van der Waals surface area contributed by atoms with Gasteiger partial charge in [-0.3, -0.25) is 8.57 Å². The van der Waals surface area contributed by atoms with Crippen molar-refractivity contribution in [1.29, 1.82) is 0 Å². The van der Waals surface area contributed by atoms with Crippen LogP contribution in [0.2, 0.25) is 0 Å². The summed E-state index contributed by atoms with van der Waals surface area (Å²) in [6.45, 7) is 0. The lowest BCUT2D eigenvalue weighted by Crippen LogP contribution is -2.13. The van der Waals surface area contributed by atoms with E-state index in [4.69, 9.17) is 8.57 Å². The summed E-state index contributed by atoms with van der Waals surface area (Å²) in [6.07, 6.45) is 3.24. The van der Waals surface area contributed by atoms with E-state index in [2.05, 4.69) is 10.3 Å². The van der Waals surface area contributed by atoms with Crippen LogP contribution in [0.15, 0.2) is 71.0 Å². The summed E-state index contributed by atoms with van der Waals surface area (Å²) in [5.74, 6) is -0.709. The van der Waals surface area contributed by atoms with Crippen LogP contribution in [-0.2, 0) is 40.3 Å². The quantitative estimate of drug-likeness (QED) is 0.316. The summed E-state index contributed by atoms with van der Waals surface area (Å²) in [7, 11) is -7.98. The molecule has 12 heteroatoms. The van der Waals surface area contributed by atoms with Crippen LogP contribution in [0, 0.1) is 0 Å². The topological polar surface area (TPSA) is 111 Å². The average molecular weight is 489 g/mol. The van der Waals surface area contributed by atoms with E-state index < -0.39 is 20.2 Å². The molecule has 2 aromatic carbocycles. The highest BCUT2D eigenvalue weighted by molar-refractivity contribution is 8.24. The molecular formula is C18H20N2O6S4. The van der Waals surface area contributed by atoms with E-state index in [1.807, 2.05) is 0 Å². The summed E-state index contributed by atoms with van der Waals surface area (Å²) >= 11 is 2.08. The number of oxime groups is 2. The van der Waals surface area contributed by atoms with Crippen molar-refractivity contribution in [3.05, 3.63) is 71.8 Å². The zero-order valence-electron chi connectivity index (χ0n) is 16.2. The first-order valence-electron chi connectivity index (χ1n) is 8.39. The van der Waals surface area contributed by atoms with Gasteiger partial charge in [0.1, 0.15) is 11.5 Å². The third-order valence-corrected chi connectivity index (χ3v) is 6.83. The van der Waals surface area contributed by atoms with Gasteiger partial charge in [0, 0.05) is 0 Å². The van der Waals surface area contributed by atoms with Crippen molar-refractivity contribution in [3.63, 3.8) is 0 Å². The molecule has 0 aromatic heterocycles. The number of nitrogens with zero attached hydrogens (tertiary/aromatic N) is 2. The molecule has 0 aliphatic heterocycles. The number of benzene rings is 2. The maximum Gasteiger partial charge on any atom is 0.332 e. The first-order valence-corrected chi connectivity index (χ1v) is 14.0. The van der Waals surface area contributed by atoms with Crippen molar-refractivity contribution >= 4 is 53.8 Å². The highest BCUT2D eigenvalue weighted by atomic mass is 32.2. The lowest BCUT2D eigenvalue weighted by atomic mass is 10.2. The Labute approximate surface area is 185 Å². The predicted octanol–water partition coefficient (Wildman–Crippen LogP) is 3.43. The molecule has 0 heterocycles. The molecule has 0 bridgehead atoms. The number of hydrogen-bond donors (Lipinski definition) is 0. The minimum Gasteiger partial charge on any atom is -0.267 e. The van der Waals surface area contributed by atoms with E-state index in [1.165, 1.54) is 0 Å². The lowest BCUT2D eigenvalue weighted by Gasteiger charge is -2.06. The van der Waals surface area contributed by atoms with Gasteiger partial charge >= 0.3 is 20.2 Å². The minimum atomic E-state index is -3.99. The van der Waals surface area contributed by atoms with Gasteiger partial charge in [-0.1, -0.05) is 71.0 Å². The van der Waals surface area contributed by atoms with Crippen molar-refractivity contribution in [2.45, 2.75) is 11.5 Å². The average Bonchev–Trinajstić information content (AvgIpc) is 2.71. The molecule has 0 radical (unpaired) electrons. The number of hydrogen-bond acceptors (Lipinski definition) is 10. The Hall–Kier alpha value is -2.02. The zero-order valence-corrected chi connectivity index (χ0v) is 19.4. The Morgan fingerprint density at radius 3 is 1.33 bits per heavy atom. The predicted molar refractivity (Wildman–Crippen MR) is 122 cm³/mol. The van der Waals surface area contributed by atoms with Crippen LogP contribution in [0.1, 0.15) is 11.1 Å². The van der Waals surface area contributed by atoms with Gasteiger partial charge in [0.2, 0.25) is 0 Å². The third-order valence-electron chi connectivity index (χ3n) is 3.41. The molecule has 0 saturated heterocycles. The zero-order chi connectivity index (χ0) is 22.0. The van der Waals surface area contributed by atoms with Crippen LogP contribution in [0.25, 0.3) is 0 Å². The Morgan fingerprint density at radius 2 is 1.03 bits per heavy atom. The maximum absolute atomic E-state index is 12.1. The molecule has 2 rings (SSSR count). The smallest absolute Gasteiger partial charge is 0.267 e. The Kier molecular flexibility index (Phi) is 9.21. The lowest BCUT2D eigenvalue weighted by molar-refractivity contribution is 0.335. The van der Waals surface area contributed by atoms with E-state index >= 15 is 0 Å². The largest absolute Gasteiger partial charge is 0.332 e. The molecule has 0 spiro atoms. The monoisotopic (exact) mass is 488 g/mol. The first kappa shape index (κ1) is 24.3. The normalized spacial score (nSPS) is 13.1. The van der Waals surface area contributed by atoms with Crippen LogP contribution in [0.3, 0.4) is 0 Å². The van der Waals surface area contributed by atoms with Crippen LogP contribution >= 0.6 is 23.5 Å². The molecule has 0 unspecified atom stereocenters. The van der Waals surface area contributed by atoms with Gasteiger partial charge in [0.05, 0.1) is 0 Å². The second-order valence-electron chi connectivity index (χ2n) is 5.73.